The molecule has 5 heteroatoms. The van der Waals surface area contributed by atoms with Gasteiger partial charge in [0.1, 0.15) is 6.04 Å². The summed E-state index contributed by atoms with van der Waals surface area (Å²) in [6.07, 6.45) is 1.70. The highest BCUT2D eigenvalue weighted by molar-refractivity contribution is 5.23. The van der Waals surface area contributed by atoms with Crippen LogP contribution in [-0.2, 0) is 11.2 Å². The predicted octanol–water partition coefficient (Wildman–Crippen LogP) is 2.74. The second kappa shape index (κ2) is 8.54. The van der Waals surface area contributed by atoms with Crippen LogP contribution < -0.4 is 5.32 Å². The second-order valence-corrected chi connectivity index (χ2v) is 4.78. The number of aromatic nitrogens is 2. The third-order valence-electron chi connectivity index (χ3n) is 3.13. The van der Waals surface area contributed by atoms with Gasteiger partial charge in [-0.1, -0.05) is 37.3 Å². The first-order valence-electron chi connectivity index (χ1n) is 7.53. The summed E-state index contributed by atoms with van der Waals surface area (Å²) in [5, 5.41) is 11.8. The average molecular weight is 289 g/mol. The van der Waals surface area contributed by atoms with Crippen molar-refractivity contribution in [2.24, 2.45) is 0 Å². The lowest BCUT2D eigenvalue weighted by Crippen LogP contribution is -2.23. The fourth-order valence-electron chi connectivity index (χ4n) is 2.07. The van der Waals surface area contributed by atoms with Gasteiger partial charge >= 0.3 is 0 Å². The van der Waals surface area contributed by atoms with E-state index in [1.165, 1.54) is 0 Å². The number of ether oxygens (including phenoxy) is 1. The van der Waals surface area contributed by atoms with Crippen LogP contribution in [0, 0.1) is 0 Å². The molecule has 1 unspecified atom stereocenters. The first-order valence-corrected chi connectivity index (χ1v) is 7.53. The first-order chi connectivity index (χ1) is 10.3. The SMILES string of the molecule is CCCNC(c1ccccc1)c1nnc(CCOCC)o1. The first kappa shape index (κ1) is 15.7. The Kier molecular flexibility index (Phi) is 6.37. The van der Waals surface area contributed by atoms with Crippen molar-refractivity contribution in [3.8, 4) is 0 Å². The van der Waals surface area contributed by atoms with Crippen LogP contribution in [0.5, 0.6) is 0 Å². The molecule has 0 saturated carbocycles. The van der Waals surface area contributed by atoms with Crippen LogP contribution in [0.3, 0.4) is 0 Å². The van der Waals surface area contributed by atoms with Crippen molar-refractivity contribution in [1.82, 2.24) is 15.5 Å². The van der Waals surface area contributed by atoms with Crippen LogP contribution in [0.2, 0.25) is 0 Å². The maximum Gasteiger partial charge on any atom is 0.237 e. The fourth-order valence-corrected chi connectivity index (χ4v) is 2.07. The highest BCUT2D eigenvalue weighted by Crippen LogP contribution is 2.21. The lowest BCUT2D eigenvalue weighted by molar-refractivity contribution is 0.145. The summed E-state index contributed by atoms with van der Waals surface area (Å²) < 4.78 is 11.1. The Morgan fingerprint density at radius 2 is 2.00 bits per heavy atom. The zero-order valence-electron chi connectivity index (χ0n) is 12.7. The third-order valence-corrected chi connectivity index (χ3v) is 3.13. The minimum absolute atomic E-state index is 0.0560. The summed E-state index contributed by atoms with van der Waals surface area (Å²) in [7, 11) is 0. The van der Waals surface area contributed by atoms with Gasteiger partial charge in [0, 0.05) is 13.0 Å². The van der Waals surface area contributed by atoms with Crippen molar-refractivity contribution in [2.45, 2.75) is 32.7 Å². The van der Waals surface area contributed by atoms with E-state index >= 15 is 0 Å². The molecule has 0 aliphatic heterocycles. The average Bonchev–Trinajstić information content (AvgIpc) is 2.98. The Labute approximate surface area is 125 Å². The maximum absolute atomic E-state index is 5.78. The van der Waals surface area contributed by atoms with Crippen molar-refractivity contribution in [2.75, 3.05) is 19.8 Å². The summed E-state index contributed by atoms with van der Waals surface area (Å²) in [6, 6.07) is 10.1. The Balaban J connectivity index is 2.09. The normalized spacial score (nSPS) is 12.5. The Bertz CT molecular complexity index is 513. The molecule has 0 aliphatic carbocycles. The van der Waals surface area contributed by atoms with Crippen LogP contribution in [0.25, 0.3) is 0 Å². The smallest absolute Gasteiger partial charge is 0.237 e. The largest absolute Gasteiger partial charge is 0.423 e. The second-order valence-electron chi connectivity index (χ2n) is 4.78. The van der Waals surface area contributed by atoms with Gasteiger partial charge in [-0.2, -0.15) is 0 Å². The molecular weight excluding hydrogens is 266 g/mol. The monoisotopic (exact) mass is 289 g/mol. The lowest BCUT2D eigenvalue weighted by atomic mass is 10.1. The molecular formula is C16H23N3O2. The Hall–Kier alpha value is -1.72. The molecule has 1 aromatic heterocycles. The summed E-state index contributed by atoms with van der Waals surface area (Å²) in [6.45, 7) is 6.31. The molecule has 0 aliphatic rings. The lowest BCUT2D eigenvalue weighted by Gasteiger charge is -2.14. The predicted molar refractivity (Wildman–Crippen MR) is 81.1 cm³/mol. The van der Waals surface area contributed by atoms with Gasteiger partial charge < -0.3 is 14.5 Å². The maximum atomic E-state index is 5.78. The molecule has 21 heavy (non-hydrogen) atoms. The molecule has 1 N–H and O–H groups in total. The highest BCUT2D eigenvalue weighted by atomic mass is 16.5. The minimum atomic E-state index is -0.0560. The molecule has 1 atom stereocenters. The van der Waals surface area contributed by atoms with Crippen molar-refractivity contribution in [3.63, 3.8) is 0 Å². The molecule has 0 amide bonds. The molecule has 1 heterocycles. The number of hydrogen-bond donors (Lipinski definition) is 1. The quantitative estimate of drug-likeness (QED) is 0.719. The molecule has 114 valence electrons. The van der Waals surface area contributed by atoms with Gasteiger partial charge in [-0.25, -0.2) is 0 Å². The summed E-state index contributed by atoms with van der Waals surface area (Å²) >= 11 is 0. The van der Waals surface area contributed by atoms with Gasteiger partial charge in [0.25, 0.3) is 0 Å². The zero-order chi connectivity index (χ0) is 14.9. The molecule has 5 nitrogen and oxygen atoms in total. The van der Waals surface area contributed by atoms with E-state index in [9.17, 15) is 0 Å². The van der Waals surface area contributed by atoms with Gasteiger partial charge in [0.05, 0.1) is 6.61 Å². The van der Waals surface area contributed by atoms with Crippen LogP contribution in [0.4, 0.5) is 0 Å². The van der Waals surface area contributed by atoms with Gasteiger partial charge in [0.15, 0.2) is 0 Å². The minimum Gasteiger partial charge on any atom is -0.423 e. The fraction of sp³-hybridized carbons (Fsp3) is 0.500. The van der Waals surface area contributed by atoms with E-state index in [4.69, 9.17) is 9.15 Å². The van der Waals surface area contributed by atoms with E-state index in [1.54, 1.807) is 0 Å². The van der Waals surface area contributed by atoms with Crippen molar-refractivity contribution in [3.05, 3.63) is 47.7 Å². The number of benzene rings is 1. The van der Waals surface area contributed by atoms with Crippen LogP contribution in [-0.4, -0.2) is 30.0 Å². The molecule has 0 bridgehead atoms. The standard InChI is InChI=1S/C16H23N3O2/c1-3-11-17-15(13-8-6-5-7-9-13)16-19-18-14(21-16)10-12-20-4-2/h5-9,15,17H,3-4,10-12H2,1-2H3. The number of hydrogen-bond acceptors (Lipinski definition) is 5. The summed E-state index contributed by atoms with van der Waals surface area (Å²) in [5.74, 6) is 1.24. The van der Waals surface area contributed by atoms with Gasteiger partial charge in [-0.15, -0.1) is 10.2 Å². The van der Waals surface area contributed by atoms with Crippen LogP contribution >= 0.6 is 0 Å². The summed E-state index contributed by atoms with van der Waals surface area (Å²) in [4.78, 5) is 0. The Morgan fingerprint density at radius 1 is 1.19 bits per heavy atom. The van der Waals surface area contributed by atoms with E-state index in [2.05, 4.69) is 34.6 Å². The molecule has 2 rings (SSSR count). The van der Waals surface area contributed by atoms with E-state index in [-0.39, 0.29) is 6.04 Å². The summed E-state index contributed by atoms with van der Waals surface area (Å²) in [5.41, 5.74) is 1.13. The number of rotatable bonds is 9. The van der Waals surface area contributed by atoms with E-state index < -0.39 is 0 Å². The molecule has 0 radical (unpaired) electrons. The molecule has 0 spiro atoms. The van der Waals surface area contributed by atoms with E-state index in [1.807, 2.05) is 25.1 Å². The van der Waals surface area contributed by atoms with Crippen molar-refractivity contribution in [1.29, 1.82) is 0 Å². The van der Waals surface area contributed by atoms with E-state index in [0.717, 1.165) is 18.5 Å². The van der Waals surface area contributed by atoms with Gasteiger partial charge in [0.2, 0.25) is 11.8 Å². The van der Waals surface area contributed by atoms with E-state index in [0.29, 0.717) is 31.4 Å². The van der Waals surface area contributed by atoms with Crippen molar-refractivity contribution < 1.29 is 9.15 Å². The van der Waals surface area contributed by atoms with Gasteiger partial charge in [-0.3, -0.25) is 0 Å². The van der Waals surface area contributed by atoms with Crippen LogP contribution in [0.15, 0.2) is 34.7 Å². The Morgan fingerprint density at radius 3 is 2.71 bits per heavy atom. The highest BCUT2D eigenvalue weighted by Gasteiger charge is 2.19. The van der Waals surface area contributed by atoms with Crippen molar-refractivity contribution >= 4 is 0 Å². The molecule has 1 aromatic carbocycles. The van der Waals surface area contributed by atoms with Crippen LogP contribution in [0.1, 0.15) is 43.7 Å². The number of nitrogens with zero attached hydrogens (tertiary/aromatic N) is 2. The topological polar surface area (TPSA) is 60.2 Å². The van der Waals surface area contributed by atoms with Gasteiger partial charge in [-0.05, 0) is 25.5 Å². The zero-order valence-corrected chi connectivity index (χ0v) is 12.7. The molecule has 0 fully saturated rings. The molecule has 0 saturated heterocycles. The third kappa shape index (κ3) is 4.65. The number of nitrogens with one attached hydrogen (secondary N) is 1. The molecule has 2 aromatic rings.